The average Bonchev–Trinajstić information content (AvgIpc) is 2.91. The number of hydrogen-bond acceptors (Lipinski definition) is 5. The van der Waals surface area contributed by atoms with E-state index in [2.05, 4.69) is 27.0 Å². The number of amides is 1. The molecule has 4 rings (SSSR count). The fraction of sp³-hybridized carbons (Fsp3) is 0.476. The molecule has 27 heavy (non-hydrogen) atoms. The number of morpholine rings is 1. The summed E-state index contributed by atoms with van der Waals surface area (Å²) >= 11 is 0. The van der Waals surface area contributed by atoms with E-state index in [1.165, 1.54) is 5.56 Å². The minimum atomic E-state index is 0.110. The van der Waals surface area contributed by atoms with E-state index in [1.807, 2.05) is 35.5 Å². The van der Waals surface area contributed by atoms with Crippen LogP contribution < -0.4 is 0 Å². The fourth-order valence-corrected chi connectivity index (χ4v) is 4.08. The first-order valence-electron chi connectivity index (χ1n) is 9.72. The van der Waals surface area contributed by atoms with Crippen molar-refractivity contribution < 1.29 is 9.53 Å². The quantitative estimate of drug-likeness (QED) is 0.809. The molecule has 0 aromatic carbocycles. The van der Waals surface area contributed by atoms with E-state index in [0.717, 1.165) is 51.1 Å². The summed E-state index contributed by atoms with van der Waals surface area (Å²) in [5.74, 6) is 0.110. The highest BCUT2D eigenvalue weighted by atomic mass is 16.5. The number of ether oxygens (including phenoxy) is 1. The van der Waals surface area contributed by atoms with Crippen LogP contribution >= 0.6 is 0 Å². The number of aromatic nitrogens is 2. The van der Waals surface area contributed by atoms with Crippen molar-refractivity contribution in [1.82, 2.24) is 19.8 Å². The molecule has 142 valence electrons. The van der Waals surface area contributed by atoms with Gasteiger partial charge < -0.3 is 9.64 Å². The molecule has 0 aliphatic carbocycles. The largest absolute Gasteiger partial charge is 0.366 e. The molecule has 6 heteroatoms. The third-order valence-corrected chi connectivity index (χ3v) is 5.52. The molecule has 0 saturated carbocycles. The van der Waals surface area contributed by atoms with Crippen LogP contribution in [0.2, 0.25) is 0 Å². The Kier molecular flexibility index (Phi) is 5.75. The van der Waals surface area contributed by atoms with Gasteiger partial charge in [-0.25, -0.2) is 0 Å². The lowest BCUT2D eigenvalue weighted by molar-refractivity contribution is -0.157. The Hall–Kier alpha value is -2.31. The highest BCUT2D eigenvalue weighted by Gasteiger charge is 2.38. The number of likely N-dealkylation sites (tertiary alicyclic amines) is 1. The minimum absolute atomic E-state index is 0.110. The standard InChI is InChI=1S/C21H26N4O2/c26-21-16-27-20-8-12-24(15-18-5-1-2-10-23-18)11-7-19(20)25(21)13-6-17-4-3-9-22-14-17/h1-5,9-10,14,19-20H,6-8,11-13,15-16H2/t19-,20-/m0/s1. The molecule has 0 N–H and O–H groups in total. The van der Waals surface area contributed by atoms with Crippen LogP contribution in [0.25, 0.3) is 0 Å². The molecule has 2 aliphatic heterocycles. The predicted molar refractivity (Wildman–Crippen MR) is 102 cm³/mol. The molecule has 2 aliphatic rings. The van der Waals surface area contributed by atoms with Gasteiger partial charge in [-0.2, -0.15) is 0 Å². The van der Waals surface area contributed by atoms with E-state index < -0.39 is 0 Å². The van der Waals surface area contributed by atoms with Crippen molar-refractivity contribution in [1.29, 1.82) is 0 Å². The van der Waals surface area contributed by atoms with Crippen LogP contribution in [-0.4, -0.2) is 64.1 Å². The summed E-state index contributed by atoms with van der Waals surface area (Å²) in [6.07, 6.45) is 8.36. The van der Waals surface area contributed by atoms with Crippen molar-refractivity contribution in [2.24, 2.45) is 0 Å². The highest BCUT2D eigenvalue weighted by molar-refractivity contribution is 5.78. The number of carbonyl (C=O) groups is 1. The van der Waals surface area contributed by atoms with Gasteiger partial charge in [-0.3, -0.25) is 19.7 Å². The Morgan fingerprint density at radius 2 is 2.04 bits per heavy atom. The number of fused-ring (bicyclic) bond motifs is 1. The van der Waals surface area contributed by atoms with Gasteiger partial charge >= 0.3 is 0 Å². The van der Waals surface area contributed by atoms with Gasteiger partial charge in [0.25, 0.3) is 0 Å². The summed E-state index contributed by atoms with van der Waals surface area (Å²) in [6.45, 7) is 3.72. The van der Waals surface area contributed by atoms with Gasteiger partial charge in [0.2, 0.25) is 5.91 Å². The molecule has 1 amide bonds. The summed E-state index contributed by atoms with van der Waals surface area (Å²) in [4.78, 5) is 25.6. The van der Waals surface area contributed by atoms with Crippen molar-refractivity contribution in [3.05, 3.63) is 60.2 Å². The lowest BCUT2D eigenvalue weighted by Crippen LogP contribution is -2.54. The van der Waals surface area contributed by atoms with Crippen LogP contribution in [0, 0.1) is 0 Å². The lowest BCUT2D eigenvalue weighted by atomic mass is 10.0. The molecular weight excluding hydrogens is 340 g/mol. The molecule has 0 radical (unpaired) electrons. The Bertz CT molecular complexity index is 740. The van der Waals surface area contributed by atoms with Crippen LogP contribution in [0.1, 0.15) is 24.1 Å². The summed E-state index contributed by atoms with van der Waals surface area (Å²) in [7, 11) is 0. The molecule has 6 nitrogen and oxygen atoms in total. The third-order valence-electron chi connectivity index (χ3n) is 5.52. The number of rotatable bonds is 5. The fourth-order valence-electron chi connectivity index (χ4n) is 4.08. The maximum Gasteiger partial charge on any atom is 0.248 e. The van der Waals surface area contributed by atoms with Gasteiger partial charge in [0, 0.05) is 44.8 Å². The molecule has 0 spiro atoms. The molecule has 2 fully saturated rings. The van der Waals surface area contributed by atoms with Crippen LogP contribution in [0.4, 0.5) is 0 Å². The van der Waals surface area contributed by atoms with Crippen molar-refractivity contribution >= 4 is 5.91 Å². The number of nitrogens with zero attached hydrogens (tertiary/aromatic N) is 4. The molecule has 0 bridgehead atoms. The summed E-state index contributed by atoms with van der Waals surface area (Å²) in [5, 5.41) is 0. The van der Waals surface area contributed by atoms with Crippen molar-refractivity contribution in [3.63, 3.8) is 0 Å². The zero-order chi connectivity index (χ0) is 18.5. The van der Waals surface area contributed by atoms with E-state index in [1.54, 1.807) is 6.20 Å². The molecule has 2 aromatic heterocycles. The van der Waals surface area contributed by atoms with E-state index in [0.29, 0.717) is 0 Å². The van der Waals surface area contributed by atoms with Gasteiger partial charge in [0.1, 0.15) is 6.61 Å². The number of hydrogen-bond donors (Lipinski definition) is 0. The molecule has 4 heterocycles. The Balaban J connectivity index is 1.39. The molecular formula is C21H26N4O2. The zero-order valence-corrected chi connectivity index (χ0v) is 15.5. The van der Waals surface area contributed by atoms with Crippen molar-refractivity contribution in [2.75, 3.05) is 26.2 Å². The molecule has 2 atom stereocenters. The molecule has 2 saturated heterocycles. The van der Waals surface area contributed by atoms with E-state index >= 15 is 0 Å². The van der Waals surface area contributed by atoms with Gasteiger partial charge in [0.15, 0.2) is 0 Å². The van der Waals surface area contributed by atoms with Crippen LogP contribution in [0.15, 0.2) is 48.9 Å². The smallest absolute Gasteiger partial charge is 0.248 e. The number of pyridine rings is 2. The average molecular weight is 366 g/mol. The monoisotopic (exact) mass is 366 g/mol. The SMILES string of the molecule is O=C1CO[C@H]2CCN(Cc3ccccn3)CC[C@@H]2N1CCc1cccnc1. The van der Waals surface area contributed by atoms with Gasteiger partial charge in [0.05, 0.1) is 17.8 Å². The zero-order valence-electron chi connectivity index (χ0n) is 15.5. The second-order valence-electron chi connectivity index (χ2n) is 7.29. The predicted octanol–water partition coefficient (Wildman–Crippen LogP) is 1.91. The second-order valence-corrected chi connectivity index (χ2v) is 7.29. The van der Waals surface area contributed by atoms with E-state index in [4.69, 9.17) is 4.74 Å². The third kappa shape index (κ3) is 4.51. The normalized spacial score (nSPS) is 23.7. The maximum atomic E-state index is 12.5. The van der Waals surface area contributed by atoms with Crippen LogP contribution in [-0.2, 0) is 22.5 Å². The first kappa shape index (κ1) is 18.1. The second kappa shape index (κ2) is 8.59. The van der Waals surface area contributed by atoms with Crippen LogP contribution in [0.5, 0.6) is 0 Å². The topological polar surface area (TPSA) is 58.6 Å². The first-order chi connectivity index (χ1) is 13.3. The highest BCUT2D eigenvalue weighted by Crippen LogP contribution is 2.25. The molecule has 2 aromatic rings. The first-order valence-corrected chi connectivity index (χ1v) is 9.72. The van der Waals surface area contributed by atoms with E-state index in [9.17, 15) is 4.79 Å². The van der Waals surface area contributed by atoms with Gasteiger partial charge in [-0.1, -0.05) is 12.1 Å². The number of carbonyl (C=O) groups excluding carboxylic acids is 1. The Morgan fingerprint density at radius 3 is 2.85 bits per heavy atom. The summed E-state index contributed by atoms with van der Waals surface area (Å²) < 4.78 is 5.91. The Labute approximate surface area is 160 Å². The van der Waals surface area contributed by atoms with Crippen molar-refractivity contribution in [2.45, 2.75) is 38.0 Å². The summed E-state index contributed by atoms with van der Waals surface area (Å²) in [5.41, 5.74) is 2.26. The van der Waals surface area contributed by atoms with Crippen LogP contribution in [0.3, 0.4) is 0 Å². The maximum absolute atomic E-state index is 12.5. The van der Waals surface area contributed by atoms with Crippen molar-refractivity contribution in [3.8, 4) is 0 Å². The Morgan fingerprint density at radius 1 is 1.11 bits per heavy atom. The summed E-state index contributed by atoms with van der Waals surface area (Å²) in [6, 6.07) is 10.2. The lowest BCUT2D eigenvalue weighted by Gasteiger charge is -2.40. The van der Waals surface area contributed by atoms with Gasteiger partial charge in [-0.05, 0) is 43.0 Å². The minimum Gasteiger partial charge on any atom is -0.366 e. The molecule has 0 unspecified atom stereocenters. The van der Waals surface area contributed by atoms with Gasteiger partial charge in [-0.15, -0.1) is 0 Å². The van der Waals surface area contributed by atoms with E-state index in [-0.39, 0.29) is 24.7 Å².